The molecular weight excluding hydrogens is 287 g/mol. The van der Waals surface area contributed by atoms with Crippen molar-refractivity contribution in [2.24, 2.45) is 0 Å². The molecule has 0 aliphatic carbocycles. The summed E-state index contributed by atoms with van der Waals surface area (Å²) in [6.45, 7) is 0. The lowest BCUT2D eigenvalue weighted by Gasteiger charge is -2.14. The first-order valence-corrected chi connectivity index (χ1v) is 5.97. The van der Waals surface area contributed by atoms with Gasteiger partial charge in [-0.2, -0.15) is 15.4 Å². The molecule has 2 aromatic rings. The van der Waals surface area contributed by atoms with Gasteiger partial charge in [0.15, 0.2) is 0 Å². The van der Waals surface area contributed by atoms with E-state index in [-0.39, 0.29) is 11.9 Å². The fourth-order valence-corrected chi connectivity index (χ4v) is 2.06. The number of rotatable bonds is 4. The molecule has 90 valence electrons. The molecule has 1 aromatic carbocycles. The van der Waals surface area contributed by atoms with Crippen molar-refractivity contribution in [3.05, 3.63) is 45.9 Å². The average molecular weight is 299 g/mol. The molecule has 0 radical (unpaired) electrons. The normalized spacial score (nSPS) is 12.6. The van der Waals surface area contributed by atoms with E-state index in [1.54, 1.807) is 12.3 Å². The van der Waals surface area contributed by atoms with Crippen molar-refractivity contribution in [3.8, 4) is 0 Å². The Bertz CT molecular complexity index is 486. The molecule has 1 aromatic heterocycles. The summed E-state index contributed by atoms with van der Waals surface area (Å²) in [7, 11) is 1.84. The molecule has 0 aliphatic heterocycles. The van der Waals surface area contributed by atoms with Gasteiger partial charge in [-0.05, 0) is 37.2 Å². The average Bonchev–Trinajstić information content (AvgIpc) is 2.84. The lowest BCUT2D eigenvalue weighted by molar-refractivity contribution is 0.567. The molecular formula is C11H12BrFN4. The van der Waals surface area contributed by atoms with E-state index in [9.17, 15) is 4.39 Å². The first kappa shape index (κ1) is 12.2. The summed E-state index contributed by atoms with van der Waals surface area (Å²) in [5, 5.41) is 13.5. The molecule has 0 saturated heterocycles. The first-order valence-electron chi connectivity index (χ1n) is 5.17. The van der Waals surface area contributed by atoms with Crippen LogP contribution in [-0.2, 0) is 6.42 Å². The van der Waals surface area contributed by atoms with Crippen molar-refractivity contribution in [1.29, 1.82) is 0 Å². The third kappa shape index (κ3) is 2.89. The van der Waals surface area contributed by atoms with Crippen LogP contribution in [0.25, 0.3) is 0 Å². The van der Waals surface area contributed by atoms with Crippen LogP contribution in [0.3, 0.4) is 0 Å². The van der Waals surface area contributed by atoms with Crippen LogP contribution in [0.4, 0.5) is 4.39 Å². The molecule has 1 atom stereocenters. The largest absolute Gasteiger partial charge is 0.311 e. The zero-order valence-electron chi connectivity index (χ0n) is 9.24. The van der Waals surface area contributed by atoms with Crippen molar-refractivity contribution < 1.29 is 4.39 Å². The number of H-pyrrole nitrogens is 1. The Balaban J connectivity index is 2.21. The maximum absolute atomic E-state index is 13.2. The van der Waals surface area contributed by atoms with Crippen LogP contribution < -0.4 is 5.32 Å². The highest BCUT2D eigenvalue weighted by molar-refractivity contribution is 9.10. The number of aromatic nitrogens is 3. The third-order valence-corrected chi connectivity index (χ3v) is 3.34. The minimum Gasteiger partial charge on any atom is -0.311 e. The van der Waals surface area contributed by atoms with Crippen molar-refractivity contribution in [3.63, 3.8) is 0 Å². The SMILES string of the molecule is CNC(Cc1cc(F)ccc1Br)c1cn[nH]n1. The molecule has 4 nitrogen and oxygen atoms in total. The summed E-state index contributed by atoms with van der Waals surface area (Å²) >= 11 is 3.41. The maximum Gasteiger partial charge on any atom is 0.123 e. The lowest BCUT2D eigenvalue weighted by Crippen LogP contribution is -2.19. The zero-order valence-corrected chi connectivity index (χ0v) is 10.8. The number of halogens is 2. The topological polar surface area (TPSA) is 53.6 Å². The highest BCUT2D eigenvalue weighted by Gasteiger charge is 2.14. The van der Waals surface area contributed by atoms with Gasteiger partial charge in [0.2, 0.25) is 0 Å². The summed E-state index contributed by atoms with van der Waals surface area (Å²) < 4.78 is 14.1. The summed E-state index contributed by atoms with van der Waals surface area (Å²) in [5.74, 6) is -0.238. The van der Waals surface area contributed by atoms with Crippen molar-refractivity contribution in [2.75, 3.05) is 7.05 Å². The molecule has 6 heteroatoms. The number of benzene rings is 1. The standard InChI is InChI=1S/C11H12BrFN4/c1-14-10(11-6-15-17-16-11)5-7-4-8(13)2-3-9(7)12/h2-4,6,10,14H,5H2,1H3,(H,15,16,17). The molecule has 0 fully saturated rings. The second-order valence-electron chi connectivity index (χ2n) is 3.68. The van der Waals surface area contributed by atoms with Crippen molar-refractivity contribution in [2.45, 2.75) is 12.5 Å². The molecule has 17 heavy (non-hydrogen) atoms. The van der Waals surface area contributed by atoms with E-state index < -0.39 is 0 Å². The van der Waals surface area contributed by atoms with Gasteiger partial charge in [-0.25, -0.2) is 4.39 Å². The number of nitrogens with zero attached hydrogens (tertiary/aromatic N) is 2. The van der Waals surface area contributed by atoms with Gasteiger partial charge in [-0.3, -0.25) is 0 Å². The molecule has 0 aliphatic rings. The Morgan fingerprint density at radius 3 is 3.00 bits per heavy atom. The molecule has 0 spiro atoms. The second kappa shape index (κ2) is 5.37. The molecule has 0 amide bonds. The van der Waals surface area contributed by atoms with Gasteiger partial charge in [0, 0.05) is 4.47 Å². The zero-order chi connectivity index (χ0) is 12.3. The molecule has 0 bridgehead atoms. The number of hydrogen-bond acceptors (Lipinski definition) is 3. The Morgan fingerprint density at radius 2 is 2.35 bits per heavy atom. The van der Waals surface area contributed by atoms with E-state index in [1.807, 2.05) is 7.05 Å². The van der Waals surface area contributed by atoms with Crippen LogP contribution in [0.2, 0.25) is 0 Å². The Hall–Kier alpha value is -1.27. The first-order chi connectivity index (χ1) is 8.20. The van der Waals surface area contributed by atoms with Crippen LogP contribution in [0.5, 0.6) is 0 Å². The summed E-state index contributed by atoms with van der Waals surface area (Å²) in [4.78, 5) is 0. The number of likely N-dealkylation sites (N-methyl/N-ethyl adjacent to an activating group) is 1. The molecule has 1 heterocycles. The van der Waals surface area contributed by atoms with E-state index in [0.29, 0.717) is 6.42 Å². The van der Waals surface area contributed by atoms with Gasteiger partial charge in [0.1, 0.15) is 5.82 Å². The highest BCUT2D eigenvalue weighted by atomic mass is 79.9. The number of aromatic amines is 1. The quantitative estimate of drug-likeness (QED) is 0.910. The van der Waals surface area contributed by atoms with Crippen LogP contribution in [0.15, 0.2) is 28.9 Å². The third-order valence-electron chi connectivity index (χ3n) is 2.57. The van der Waals surface area contributed by atoms with Gasteiger partial charge in [-0.15, -0.1) is 0 Å². The number of hydrogen-bond donors (Lipinski definition) is 2. The predicted octanol–water partition coefficient (Wildman–Crippen LogP) is 2.21. The number of nitrogens with one attached hydrogen (secondary N) is 2. The molecule has 2 rings (SSSR count). The Labute approximate surface area is 107 Å². The second-order valence-corrected chi connectivity index (χ2v) is 4.53. The van der Waals surface area contributed by atoms with E-state index in [4.69, 9.17) is 0 Å². The predicted molar refractivity (Wildman–Crippen MR) is 66.0 cm³/mol. The van der Waals surface area contributed by atoms with E-state index in [1.165, 1.54) is 12.1 Å². The van der Waals surface area contributed by atoms with Gasteiger partial charge in [0.05, 0.1) is 17.9 Å². The minimum absolute atomic E-state index is 0.00634. The Kier molecular flexibility index (Phi) is 3.86. The smallest absolute Gasteiger partial charge is 0.123 e. The summed E-state index contributed by atoms with van der Waals surface area (Å²) in [6, 6.07) is 4.67. The van der Waals surface area contributed by atoms with Crippen molar-refractivity contribution in [1.82, 2.24) is 20.7 Å². The monoisotopic (exact) mass is 298 g/mol. The lowest BCUT2D eigenvalue weighted by atomic mass is 10.0. The van der Waals surface area contributed by atoms with Gasteiger partial charge < -0.3 is 5.32 Å². The van der Waals surface area contributed by atoms with E-state index >= 15 is 0 Å². The molecule has 0 saturated carbocycles. The van der Waals surface area contributed by atoms with Crippen LogP contribution in [0.1, 0.15) is 17.3 Å². The van der Waals surface area contributed by atoms with Crippen LogP contribution in [-0.4, -0.2) is 22.5 Å². The van der Waals surface area contributed by atoms with Crippen molar-refractivity contribution >= 4 is 15.9 Å². The van der Waals surface area contributed by atoms with Gasteiger partial charge in [-0.1, -0.05) is 15.9 Å². The molecule has 1 unspecified atom stereocenters. The fourth-order valence-electron chi connectivity index (χ4n) is 1.65. The highest BCUT2D eigenvalue weighted by Crippen LogP contribution is 2.23. The maximum atomic E-state index is 13.2. The Morgan fingerprint density at radius 1 is 1.53 bits per heavy atom. The molecule has 2 N–H and O–H groups in total. The van der Waals surface area contributed by atoms with Gasteiger partial charge >= 0.3 is 0 Å². The van der Waals surface area contributed by atoms with Gasteiger partial charge in [0.25, 0.3) is 0 Å². The van der Waals surface area contributed by atoms with E-state index in [2.05, 4.69) is 36.7 Å². The fraction of sp³-hybridized carbons (Fsp3) is 0.273. The summed E-state index contributed by atoms with van der Waals surface area (Å²) in [5.41, 5.74) is 1.70. The van der Waals surface area contributed by atoms with Crippen LogP contribution >= 0.6 is 15.9 Å². The minimum atomic E-state index is -0.238. The summed E-state index contributed by atoms with van der Waals surface area (Å²) in [6.07, 6.45) is 2.30. The van der Waals surface area contributed by atoms with E-state index in [0.717, 1.165) is 15.7 Å². The van der Waals surface area contributed by atoms with Crippen LogP contribution in [0, 0.1) is 5.82 Å².